The standard InChI is InChI=1S/C17H17ClFNO3/c1-11-8-12(23-10-17(21)22-2)6-7-16(11)20-9-13-14(18)4-3-5-15(13)19/h3-8,20H,9-10H2,1-2H3. The Hall–Kier alpha value is -2.27. The number of hydrogen-bond acceptors (Lipinski definition) is 4. The highest BCUT2D eigenvalue weighted by Gasteiger charge is 2.08. The van der Waals surface area contributed by atoms with E-state index in [1.165, 1.54) is 13.2 Å². The largest absolute Gasteiger partial charge is 0.482 e. The van der Waals surface area contributed by atoms with E-state index in [0.29, 0.717) is 16.3 Å². The maximum absolute atomic E-state index is 13.7. The fourth-order valence-electron chi connectivity index (χ4n) is 2.01. The third kappa shape index (κ3) is 4.60. The maximum atomic E-state index is 13.7. The monoisotopic (exact) mass is 337 g/mol. The zero-order valence-corrected chi connectivity index (χ0v) is 13.6. The summed E-state index contributed by atoms with van der Waals surface area (Å²) in [4.78, 5) is 11.1. The molecule has 2 aromatic rings. The Morgan fingerprint density at radius 3 is 2.74 bits per heavy atom. The van der Waals surface area contributed by atoms with E-state index in [4.69, 9.17) is 16.3 Å². The molecule has 1 N–H and O–H groups in total. The Morgan fingerprint density at radius 1 is 1.30 bits per heavy atom. The van der Waals surface area contributed by atoms with Gasteiger partial charge in [0.1, 0.15) is 11.6 Å². The van der Waals surface area contributed by atoms with Gasteiger partial charge in [0.2, 0.25) is 0 Å². The second-order valence-corrected chi connectivity index (χ2v) is 5.30. The van der Waals surface area contributed by atoms with Gasteiger partial charge >= 0.3 is 5.97 Å². The van der Waals surface area contributed by atoms with Gasteiger partial charge in [0, 0.05) is 22.8 Å². The molecule has 0 aliphatic heterocycles. The lowest BCUT2D eigenvalue weighted by Crippen LogP contribution is -2.12. The van der Waals surface area contributed by atoms with Crippen molar-refractivity contribution in [1.82, 2.24) is 0 Å². The van der Waals surface area contributed by atoms with Crippen molar-refractivity contribution < 1.29 is 18.7 Å². The van der Waals surface area contributed by atoms with Crippen LogP contribution in [0, 0.1) is 12.7 Å². The molecular weight excluding hydrogens is 321 g/mol. The van der Waals surface area contributed by atoms with Crippen LogP contribution in [-0.2, 0) is 16.1 Å². The average molecular weight is 338 g/mol. The zero-order valence-electron chi connectivity index (χ0n) is 12.9. The number of hydrogen-bond donors (Lipinski definition) is 1. The summed E-state index contributed by atoms with van der Waals surface area (Å²) >= 11 is 6.00. The minimum atomic E-state index is -0.445. The molecule has 2 aromatic carbocycles. The predicted molar refractivity (Wildman–Crippen MR) is 87.4 cm³/mol. The van der Waals surface area contributed by atoms with Gasteiger partial charge in [0.15, 0.2) is 6.61 Å². The van der Waals surface area contributed by atoms with Crippen LogP contribution in [-0.4, -0.2) is 19.7 Å². The van der Waals surface area contributed by atoms with Gasteiger partial charge in [-0.15, -0.1) is 0 Å². The van der Waals surface area contributed by atoms with E-state index in [1.807, 2.05) is 6.92 Å². The van der Waals surface area contributed by atoms with E-state index in [2.05, 4.69) is 10.1 Å². The average Bonchev–Trinajstić information content (AvgIpc) is 2.53. The fraction of sp³-hybridized carbons (Fsp3) is 0.235. The van der Waals surface area contributed by atoms with E-state index >= 15 is 0 Å². The van der Waals surface area contributed by atoms with Crippen LogP contribution in [0.5, 0.6) is 5.75 Å². The number of benzene rings is 2. The highest BCUT2D eigenvalue weighted by Crippen LogP contribution is 2.24. The first-order valence-electron chi connectivity index (χ1n) is 6.98. The van der Waals surface area contributed by atoms with Crippen molar-refractivity contribution in [3.63, 3.8) is 0 Å². The normalized spacial score (nSPS) is 10.3. The maximum Gasteiger partial charge on any atom is 0.343 e. The lowest BCUT2D eigenvalue weighted by Gasteiger charge is -2.13. The number of anilines is 1. The zero-order chi connectivity index (χ0) is 16.8. The van der Waals surface area contributed by atoms with Crippen molar-refractivity contribution in [2.45, 2.75) is 13.5 Å². The molecule has 0 unspecified atom stereocenters. The van der Waals surface area contributed by atoms with Crippen molar-refractivity contribution in [1.29, 1.82) is 0 Å². The SMILES string of the molecule is COC(=O)COc1ccc(NCc2c(F)cccc2Cl)c(C)c1. The number of ether oxygens (including phenoxy) is 2. The molecule has 2 rings (SSSR count). The number of esters is 1. The predicted octanol–water partition coefficient (Wildman–Crippen LogP) is 3.95. The summed E-state index contributed by atoms with van der Waals surface area (Å²) in [6.45, 7) is 2.01. The van der Waals surface area contributed by atoms with Gasteiger partial charge in [-0.05, 0) is 42.8 Å². The number of methoxy groups -OCH3 is 1. The van der Waals surface area contributed by atoms with Gasteiger partial charge in [-0.25, -0.2) is 9.18 Å². The van der Waals surface area contributed by atoms with E-state index in [0.717, 1.165) is 11.3 Å². The molecule has 0 aliphatic carbocycles. The molecule has 0 saturated carbocycles. The van der Waals surface area contributed by atoms with Gasteiger partial charge in [-0.2, -0.15) is 0 Å². The van der Waals surface area contributed by atoms with Crippen LogP contribution in [0.3, 0.4) is 0 Å². The first-order valence-corrected chi connectivity index (χ1v) is 7.36. The smallest absolute Gasteiger partial charge is 0.343 e. The van der Waals surface area contributed by atoms with Crippen molar-refractivity contribution in [2.24, 2.45) is 0 Å². The lowest BCUT2D eigenvalue weighted by atomic mass is 10.1. The van der Waals surface area contributed by atoms with Gasteiger partial charge in [0.05, 0.1) is 7.11 Å². The Balaban J connectivity index is 2.02. The summed E-state index contributed by atoms with van der Waals surface area (Å²) in [7, 11) is 1.30. The molecule has 4 nitrogen and oxygen atoms in total. The fourth-order valence-corrected chi connectivity index (χ4v) is 2.24. The first kappa shape index (κ1) is 17.1. The Morgan fingerprint density at radius 2 is 2.09 bits per heavy atom. The number of carbonyl (C=O) groups excluding carboxylic acids is 1. The van der Waals surface area contributed by atoms with Gasteiger partial charge in [-0.3, -0.25) is 0 Å². The van der Waals surface area contributed by atoms with Gasteiger partial charge < -0.3 is 14.8 Å². The van der Waals surface area contributed by atoms with Crippen LogP contribution >= 0.6 is 11.6 Å². The molecule has 6 heteroatoms. The molecule has 122 valence electrons. The van der Waals surface area contributed by atoms with Crippen molar-refractivity contribution in [2.75, 3.05) is 19.0 Å². The quantitative estimate of drug-likeness (QED) is 0.811. The van der Waals surface area contributed by atoms with Crippen molar-refractivity contribution in [3.8, 4) is 5.75 Å². The molecule has 0 spiro atoms. The van der Waals surface area contributed by atoms with E-state index in [-0.39, 0.29) is 19.0 Å². The highest BCUT2D eigenvalue weighted by atomic mass is 35.5. The lowest BCUT2D eigenvalue weighted by molar-refractivity contribution is -0.142. The van der Waals surface area contributed by atoms with Crippen LogP contribution < -0.4 is 10.1 Å². The second-order valence-electron chi connectivity index (χ2n) is 4.90. The van der Waals surface area contributed by atoms with Gasteiger partial charge in [-0.1, -0.05) is 17.7 Å². The third-order valence-corrected chi connectivity index (χ3v) is 3.65. The minimum Gasteiger partial charge on any atom is -0.482 e. The third-order valence-electron chi connectivity index (χ3n) is 3.30. The van der Waals surface area contributed by atoms with Crippen LogP contribution in [0.4, 0.5) is 10.1 Å². The van der Waals surface area contributed by atoms with Crippen molar-refractivity contribution in [3.05, 3.63) is 58.4 Å². The van der Waals surface area contributed by atoms with Crippen LogP contribution in [0.25, 0.3) is 0 Å². The Bertz CT molecular complexity index is 686. The summed E-state index contributed by atoms with van der Waals surface area (Å²) < 4.78 is 23.6. The van der Waals surface area contributed by atoms with Crippen LogP contribution in [0.1, 0.15) is 11.1 Å². The molecular formula is C17H17ClFNO3. The summed E-state index contributed by atoms with van der Waals surface area (Å²) in [5, 5.41) is 3.53. The van der Waals surface area contributed by atoms with Crippen molar-refractivity contribution >= 4 is 23.3 Å². The number of halogens is 2. The highest BCUT2D eigenvalue weighted by molar-refractivity contribution is 6.31. The Labute approximate surface area is 139 Å². The number of carbonyl (C=O) groups is 1. The topological polar surface area (TPSA) is 47.6 Å². The summed E-state index contributed by atoms with van der Waals surface area (Å²) in [5.41, 5.74) is 2.15. The molecule has 0 aliphatic rings. The minimum absolute atomic E-state index is 0.145. The molecule has 0 amide bonds. The van der Waals surface area contributed by atoms with Gasteiger partial charge in [0.25, 0.3) is 0 Å². The molecule has 0 heterocycles. The molecule has 0 saturated heterocycles. The number of nitrogens with one attached hydrogen (secondary N) is 1. The molecule has 0 radical (unpaired) electrons. The first-order chi connectivity index (χ1) is 11.0. The van der Waals surface area contributed by atoms with E-state index in [1.54, 1.807) is 30.3 Å². The molecule has 0 aromatic heterocycles. The summed E-state index contributed by atoms with van der Waals surface area (Å²) in [6, 6.07) is 9.91. The molecule has 0 bridgehead atoms. The summed E-state index contributed by atoms with van der Waals surface area (Å²) in [6.07, 6.45) is 0. The molecule has 0 fully saturated rings. The van der Waals surface area contributed by atoms with E-state index in [9.17, 15) is 9.18 Å². The van der Waals surface area contributed by atoms with Crippen LogP contribution in [0.15, 0.2) is 36.4 Å². The Kier molecular flexibility index (Phi) is 5.82. The molecule has 0 atom stereocenters. The second kappa shape index (κ2) is 7.83. The van der Waals surface area contributed by atoms with E-state index < -0.39 is 5.97 Å². The summed E-state index contributed by atoms with van der Waals surface area (Å²) in [5.74, 6) is -0.234. The molecule has 23 heavy (non-hydrogen) atoms. The number of aryl methyl sites for hydroxylation is 1. The van der Waals surface area contributed by atoms with Crippen LogP contribution in [0.2, 0.25) is 5.02 Å². The number of rotatable bonds is 6.